The van der Waals surface area contributed by atoms with Gasteiger partial charge in [-0.05, 0) is 43.5 Å². The monoisotopic (exact) mass is 251 g/mol. The Kier molecular flexibility index (Phi) is 4.87. The van der Waals surface area contributed by atoms with E-state index < -0.39 is 0 Å². The van der Waals surface area contributed by atoms with Gasteiger partial charge in [0.05, 0.1) is 0 Å². The first-order valence-electron chi connectivity index (χ1n) is 6.74. The molecular formula is C15H22ClN. The van der Waals surface area contributed by atoms with Gasteiger partial charge in [-0.15, -0.1) is 0 Å². The van der Waals surface area contributed by atoms with Crippen LogP contribution >= 0.6 is 11.6 Å². The van der Waals surface area contributed by atoms with Gasteiger partial charge in [0, 0.05) is 11.1 Å². The summed E-state index contributed by atoms with van der Waals surface area (Å²) in [4.78, 5) is 0. The van der Waals surface area contributed by atoms with Crippen LogP contribution in [0.25, 0.3) is 0 Å². The number of benzene rings is 1. The van der Waals surface area contributed by atoms with Gasteiger partial charge in [-0.2, -0.15) is 0 Å². The lowest BCUT2D eigenvalue weighted by Crippen LogP contribution is -2.21. The molecule has 94 valence electrons. The van der Waals surface area contributed by atoms with Crippen molar-refractivity contribution in [1.82, 2.24) is 5.32 Å². The number of halogens is 1. The Morgan fingerprint density at radius 3 is 2.53 bits per heavy atom. The second kappa shape index (κ2) is 6.42. The van der Waals surface area contributed by atoms with Gasteiger partial charge in [0.25, 0.3) is 0 Å². The van der Waals surface area contributed by atoms with Crippen LogP contribution < -0.4 is 5.32 Å². The van der Waals surface area contributed by atoms with Crippen LogP contribution in [0.5, 0.6) is 0 Å². The second-order valence-electron chi connectivity index (χ2n) is 5.17. The highest BCUT2D eigenvalue weighted by atomic mass is 35.5. The molecule has 0 aliphatic heterocycles. The molecular weight excluding hydrogens is 230 g/mol. The zero-order valence-electron chi connectivity index (χ0n) is 10.6. The molecule has 17 heavy (non-hydrogen) atoms. The van der Waals surface area contributed by atoms with E-state index in [0.29, 0.717) is 6.04 Å². The van der Waals surface area contributed by atoms with E-state index in [1.165, 1.54) is 37.7 Å². The van der Waals surface area contributed by atoms with Crippen molar-refractivity contribution in [2.24, 2.45) is 5.92 Å². The summed E-state index contributed by atoms with van der Waals surface area (Å²) in [5.74, 6) is 0.972. The molecule has 0 radical (unpaired) electrons. The molecule has 1 saturated carbocycles. The minimum Gasteiger partial charge on any atom is -0.310 e. The topological polar surface area (TPSA) is 12.0 Å². The molecule has 1 nitrogen and oxygen atoms in total. The van der Waals surface area contributed by atoms with Crippen LogP contribution in [0.1, 0.15) is 50.6 Å². The van der Waals surface area contributed by atoms with Gasteiger partial charge in [-0.1, -0.05) is 49.4 Å². The van der Waals surface area contributed by atoms with Gasteiger partial charge in [0.1, 0.15) is 0 Å². The fourth-order valence-corrected chi connectivity index (χ4v) is 2.80. The summed E-state index contributed by atoms with van der Waals surface area (Å²) in [7, 11) is 0. The zero-order chi connectivity index (χ0) is 12.1. The third-order valence-corrected chi connectivity index (χ3v) is 4.10. The van der Waals surface area contributed by atoms with Crippen LogP contribution in [0.2, 0.25) is 5.02 Å². The molecule has 0 saturated heterocycles. The summed E-state index contributed by atoms with van der Waals surface area (Å²) < 4.78 is 0. The Labute approximate surface area is 110 Å². The highest BCUT2D eigenvalue weighted by molar-refractivity contribution is 6.30. The largest absolute Gasteiger partial charge is 0.310 e. The molecule has 1 aliphatic rings. The summed E-state index contributed by atoms with van der Waals surface area (Å²) in [5.41, 5.74) is 1.32. The van der Waals surface area contributed by atoms with Crippen molar-refractivity contribution in [3.8, 4) is 0 Å². The van der Waals surface area contributed by atoms with Crippen molar-refractivity contribution in [1.29, 1.82) is 0 Å². The first-order valence-corrected chi connectivity index (χ1v) is 7.12. The van der Waals surface area contributed by atoms with Crippen molar-refractivity contribution in [2.45, 2.75) is 45.1 Å². The van der Waals surface area contributed by atoms with Gasteiger partial charge >= 0.3 is 0 Å². The van der Waals surface area contributed by atoms with E-state index in [0.717, 1.165) is 17.5 Å². The molecule has 1 atom stereocenters. The number of hydrogen-bond donors (Lipinski definition) is 1. The minimum atomic E-state index is 0.425. The highest BCUT2D eigenvalue weighted by Gasteiger charge is 2.14. The van der Waals surface area contributed by atoms with Gasteiger partial charge in [0.2, 0.25) is 0 Å². The van der Waals surface area contributed by atoms with E-state index in [1.807, 2.05) is 12.1 Å². The average Bonchev–Trinajstić information content (AvgIpc) is 2.83. The molecule has 1 aliphatic carbocycles. The SMILES string of the molecule is CC(NCCC1CCCC1)c1ccc(Cl)cc1. The van der Waals surface area contributed by atoms with Crippen molar-refractivity contribution < 1.29 is 0 Å². The van der Waals surface area contributed by atoms with Crippen LogP contribution in [-0.2, 0) is 0 Å². The third-order valence-electron chi connectivity index (χ3n) is 3.85. The van der Waals surface area contributed by atoms with E-state index in [2.05, 4.69) is 24.4 Å². The molecule has 1 unspecified atom stereocenters. The molecule has 2 rings (SSSR count). The van der Waals surface area contributed by atoms with E-state index in [4.69, 9.17) is 11.6 Å². The number of rotatable bonds is 5. The predicted octanol–water partition coefficient (Wildman–Crippen LogP) is 4.57. The molecule has 2 heteroatoms. The normalized spacial score (nSPS) is 18.5. The van der Waals surface area contributed by atoms with Crippen LogP contribution in [0.15, 0.2) is 24.3 Å². The third kappa shape index (κ3) is 4.01. The predicted molar refractivity (Wildman–Crippen MR) is 74.4 cm³/mol. The maximum atomic E-state index is 5.89. The summed E-state index contributed by atoms with van der Waals surface area (Å²) in [5, 5.41) is 4.41. The van der Waals surface area contributed by atoms with E-state index in [-0.39, 0.29) is 0 Å². The fraction of sp³-hybridized carbons (Fsp3) is 0.600. The molecule has 0 aromatic heterocycles. The Morgan fingerprint density at radius 1 is 1.24 bits per heavy atom. The lowest BCUT2D eigenvalue weighted by molar-refractivity contribution is 0.455. The summed E-state index contributed by atoms with van der Waals surface area (Å²) in [6, 6.07) is 8.57. The maximum Gasteiger partial charge on any atom is 0.0406 e. The minimum absolute atomic E-state index is 0.425. The van der Waals surface area contributed by atoms with Crippen molar-refractivity contribution in [2.75, 3.05) is 6.54 Å². The van der Waals surface area contributed by atoms with Gasteiger partial charge in [-0.3, -0.25) is 0 Å². The van der Waals surface area contributed by atoms with Crippen molar-refractivity contribution in [3.05, 3.63) is 34.9 Å². The van der Waals surface area contributed by atoms with E-state index in [1.54, 1.807) is 0 Å². The molecule has 1 aromatic carbocycles. The maximum absolute atomic E-state index is 5.89. The number of hydrogen-bond acceptors (Lipinski definition) is 1. The quantitative estimate of drug-likeness (QED) is 0.808. The molecule has 1 aromatic rings. The second-order valence-corrected chi connectivity index (χ2v) is 5.60. The van der Waals surface area contributed by atoms with Crippen LogP contribution in [0.3, 0.4) is 0 Å². The molecule has 1 N–H and O–H groups in total. The van der Waals surface area contributed by atoms with Gasteiger partial charge < -0.3 is 5.32 Å². The molecule has 0 bridgehead atoms. The molecule has 1 fully saturated rings. The number of nitrogens with one attached hydrogen (secondary N) is 1. The van der Waals surface area contributed by atoms with E-state index >= 15 is 0 Å². The molecule has 0 heterocycles. The smallest absolute Gasteiger partial charge is 0.0406 e. The Morgan fingerprint density at radius 2 is 1.88 bits per heavy atom. The van der Waals surface area contributed by atoms with Gasteiger partial charge in [-0.25, -0.2) is 0 Å². The van der Waals surface area contributed by atoms with Crippen molar-refractivity contribution >= 4 is 11.6 Å². The fourth-order valence-electron chi connectivity index (χ4n) is 2.67. The van der Waals surface area contributed by atoms with E-state index in [9.17, 15) is 0 Å². The summed E-state index contributed by atoms with van der Waals surface area (Å²) >= 11 is 5.89. The first kappa shape index (κ1) is 12.9. The highest BCUT2D eigenvalue weighted by Crippen LogP contribution is 2.27. The standard InChI is InChI=1S/C15H22ClN/c1-12(14-6-8-15(16)9-7-14)17-11-10-13-4-2-3-5-13/h6-9,12-13,17H,2-5,10-11H2,1H3. The lowest BCUT2D eigenvalue weighted by Gasteiger charge is -2.16. The molecule has 0 amide bonds. The Hall–Kier alpha value is -0.530. The van der Waals surface area contributed by atoms with Crippen molar-refractivity contribution in [3.63, 3.8) is 0 Å². The zero-order valence-corrected chi connectivity index (χ0v) is 11.3. The molecule has 0 spiro atoms. The van der Waals surface area contributed by atoms with Crippen LogP contribution in [-0.4, -0.2) is 6.54 Å². The first-order chi connectivity index (χ1) is 8.25. The average molecular weight is 252 g/mol. The Bertz CT molecular complexity index is 327. The summed E-state index contributed by atoms with van der Waals surface area (Å²) in [6.07, 6.45) is 7.10. The Balaban J connectivity index is 1.72. The van der Waals surface area contributed by atoms with Gasteiger partial charge in [0.15, 0.2) is 0 Å². The van der Waals surface area contributed by atoms with Crippen LogP contribution in [0, 0.1) is 5.92 Å². The lowest BCUT2D eigenvalue weighted by atomic mass is 10.0. The van der Waals surface area contributed by atoms with Crippen LogP contribution in [0.4, 0.5) is 0 Å². The summed E-state index contributed by atoms with van der Waals surface area (Å²) in [6.45, 7) is 3.35.